The van der Waals surface area contributed by atoms with Gasteiger partial charge in [0.15, 0.2) is 0 Å². The lowest BCUT2D eigenvalue weighted by Crippen LogP contribution is -2.40. The van der Waals surface area contributed by atoms with Gasteiger partial charge in [0.1, 0.15) is 5.03 Å². The van der Waals surface area contributed by atoms with Crippen LogP contribution in [-0.2, 0) is 4.79 Å². The molecule has 2 amide bonds. The molecule has 132 valence electrons. The number of hydrogen-bond acceptors (Lipinski definition) is 4. The third-order valence-electron chi connectivity index (χ3n) is 4.82. The van der Waals surface area contributed by atoms with Gasteiger partial charge in [0, 0.05) is 18.8 Å². The number of rotatable bonds is 5. The zero-order chi connectivity index (χ0) is 17.9. The average molecular weight is 350 g/mol. The molecule has 2 rings (SSSR count). The summed E-state index contributed by atoms with van der Waals surface area (Å²) in [6.07, 6.45) is 4.50. The molecule has 0 aliphatic heterocycles. The van der Waals surface area contributed by atoms with Crippen molar-refractivity contribution < 1.29 is 9.59 Å². The number of pyridine rings is 1. The van der Waals surface area contributed by atoms with Gasteiger partial charge in [-0.3, -0.25) is 9.59 Å². The lowest BCUT2D eigenvalue weighted by molar-refractivity contribution is -0.129. The van der Waals surface area contributed by atoms with Crippen molar-refractivity contribution in [3.05, 3.63) is 22.9 Å². The van der Waals surface area contributed by atoms with E-state index in [9.17, 15) is 9.59 Å². The van der Waals surface area contributed by atoms with Crippen LogP contribution in [0.2, 0.25) is 0 Å². The summed E-state index contributed by atoms with van der Waals surface area (Å²) in [5.41, 5.74) is 7.52. The molecule has 0 bridgehead atoms. The lowest BCUT2D eigenvalue weighted by Gasteiger charge is -2.33. The number of aromatic nitrogens is 1. The summed E-state index contributed by atoms with van der Waals surface area (Å²) in [5.74, 6) is 0.621. The molecule has 0 radical (unpaired) electrons. The average Bonchev–Trinajstić information content (AvgIpc) is 2.51. The molecule has 0 aromatic carbocycles. The minimum absolute atomic E-state index is 0.0796. The third kappa shape index (κ3) is 4.50. The summed E-state index contributed by atoms with van der Waals surface area (Å²) < 4.78 is 0. The lowest BCUT2D eigenvalue weighted by atomic mass is 9.87. The minimum Gasteiger partial charge on any atom is -0.366 e. The van der Waals surface area contributed by atoms with Gasteiger partial charge in [-0.2, -0.15) is 0 Å². The Bertz CT molecular complexity index is 625. The molecule has 1 aliphatic carbocycles. The number of thioether (sulfide) groups is 1. The van der Waals surface area contributed by atoms with Gasteiger partial charge in [-0.15, -0.1) is 0 Å². The van der Waals surface area contributed by atoms with Crippen LogP contribution in [0, 0.1) is 19.8 Å². The smallest absolute Gasteiger partial charge is 0.251 e. The fraction of sp³-hybridized carbons (Fsp3) is 0.611. The van der Waals surface area contributed by atoms with Crippen LogP contribution >= 0.6 is 11.8 Å². The van der Waals surface area contributed by atoms with Crippen LogP contribution in [0.1, 0.15) is 54.2 Å². The van der Waals surface area contributed by atoms with E-state index in [1.54, 1.807) is 0 Å². The summed E-state index contributed by atoms with van der Waals surface area (Å²) in [6, 6.07) is 2.17. The molecule has 1 saturated carbocycles. The van der Waals surface area contributed by atoms with Gasteiger partial charge in [-0.1, -0.05) is 18.7 Å². The molecule has 0 unspecified atom stereocenters. The Morgan fingerprint density at radius 2 is 1.92 bits per heavy atom. The monoisotopic (exact) mass is 349 g/mol. The van der Waals surface area contributed by atoms with Crippen LogP contribution < -0.4 is 5.73 Å². The number of hydrogen-bond donors (Lipinski definition) is 1. The Morgan fingerprint density at radius 1 is 1.29 bits per heavy atom. The Balaban J connectivity index is 2.02. The van der Waals surface area contributed by atoms with E-state index < -0.39 is 5.91 Å². The first-order valence-corrected chi connectivity index (χ1v) is 9.44. The fourth-order valence-electron chi connectivity index (χ4n) is 3.27. The van der Waals surface area contributed by atoms with Crippen LogP contribution in [0.25, 0.3) is 0 Å². The highest BCUT2D eigenvalue weighted by Crippen LogP contribution is 2.28. The first kappa shape index (κ1) is 18.8. The summed E-state index contributed by atoms with van der Waals surface area (Å²) in [7, 11) is 1.88. The minimum atomic E-state index is -0.496. The molecule has 0 saturated heterocycles. The van der Waals surface area contributed by atoms with Crippen LogP contribution in [0.4, 0.5) is 0 Å². The molecule has 1 aromatic heterocycles. The van der Waals surface area contributed by atoms with Gasteiger partial charge in [0.05, 0.1) is 11.3 Å². The highest BCUT2D eigenvalue weighted by molar-refractivity contribution is 8.00. The molecule has 0 spiro atoms. The van der Waals surface area contributed by atoms with Gasteiger partial charge in [0.2, 0.25) is 5.91 Å². The standard InChI is InChI=1S/C18H27N3O2S/c1-11-5-7-14(8-6-11)21(4)15(22)10-24-18-16(17(19)23)12(2)9-13(3)20-18/h9,11,14H,5-8,10H2,1-4H3,(H2,19,23). The topological polar surface area (TPSA) is 76.3 Å². The predicted molar refractivity (Wildman–Crippen MR) is 97.1 cm³/mol. The zero-order valence-corrected chi connectivity index (χ0v) is 15.8. The van der Waals surface area contributed by atoms with Crippen LogP contribution in [0.15, 0.2) is 11.1 Å². The SMILES string of the molecule is Cc1cc(C)c(C(N)=O)c(SCC(=O)N(C)C2CCC(C)CC2)n1. The molecule has 2 N–H and O–H groups in total. The fourth-order valence-corrected chi connectivity index (χ4v) is 4.35. The Labute approximate surface area is 148 Å². The Hall–Kier alpha value is -1.56. The molecule has 5 nitrogen and oxygen atoms in total. The van der Waals surface area contributed by atoms with E-state index in [-0.39, 0.29) is 11.7 Å². The maximum absolute atomic E-state index is 12.5. The number of carbonyl (C=O) groups excluding carboxylic acids is 2. The molecule has 0 atom stereocenters. The molecular weight excluding hydrogens is 322 g/mol. The first-order chi connectivity index (χ1) is 11.3. The number of nitrogens with zero attached hydrogens (tertiary/aromatic N) is 2. The normalized spacial score (nSPS) is 20.7. The summed E-state index contributed by atoms with van der Waals surface area (Å²) in [5, 5.41) is 0.555. The van der Waals surface area contributed by atoms with Crippen molar-refractivity contribution in [3.63, 3.8) is 0 Å². The Morgan fingerprint density at radius 3 is 2.50 bits per heavy atom. The first-order valence-electron chi connectivity index (χ1n) is 8.46. The van der Waals surface area contributed by atoms with Crippen LogP contribution in [-0.4, -0.2) is 40.5 Å². The molecule has 1 heterocycles. The molecular formula is C18H27N3O2S. The molecule has 1 aromatic rings. The second kappa shape index (κ2) is 8.01. The number of amides is 2. The maximum Gasteiger partial charge on any atom is 0.251 e. The van der Waals surface area contributed by atoms with E-state index in [1.807, 2.05) is 31.9 Å². The van der Waals surface area contributed by atoms with Gasteiger partial charge in [-0.05, 0) is 57.1 Å². The molecule has 1 fully saturated rings. The highest BCUT2D eigenvalue weighted by Gasteiger charge is 2.25. The van der Waals surface area contributed by atoms with E-state index in [0.717, 1.165) is 30.0 Å². The van der Waals surface area contributed by atoms with E-state index >= 15 is 0 Å². The second-order valence-corrected chi connectivity index (χ2v) is 7.80. The largest absolute Gasteiger partial charge is 0.366 e. The summed E-state index contributed by atoms with van der Waals surface area (Å²) >= 11 is 1.30. The van der Waals surface area contributed by atoms with Crippen molar-refractivity contribution >= 4 is 23.6 Å². The van der Waals surface area contributed by atoms with Crippen LogP contribution in [0.3, 0.4) is 0 Å². The van der Waals surface area contributed by atoms with Crippen molar-refractivity contribution in [2.45, 2.75) is 57.5 Å². The van der Waals surface area contributed by atoms with E-state index in [1.165, 1.54) is 24.6 Å². The van der Waals surface area contributed by atoms with Crippen molar-refractivity contribution in [2.24, 2.45) is 11.7 Å². The highest BCUT2D eigenvalue weighted by atomic mass is 32.2. The summed E-state index contributed by atoms with van der Waals surface area (Å²) in [4.78, 5) is 30.5. The van der Waals surface area contributed by atoms with E-state index in [2.05, 4.69) is 11.9 Å². The Kier molecular flexibility index (Phi) is 6.27. The predicted octanol–water partition coefficient (Wildman–Crippen LogP) is 2.93. The van der Waals surface area contributed by atoms with Crippen molar-refractivity contribution in [3.8, 4) is 0 Å². The molecule has 6 heteroatoms. The second-order valence-electron chi connectivity index (χ2n) is 6.83. The van der Waals surface area contributed by atoms with Gasteiger partial charge >= 0.3 is 0 Å². The van der Waals surface area contributed by atoms with Gasteiger partial charge in [0.25, 0.3) is 5.91 Å². The zero-order valence-electron chi connectivity index (χ0n) is 15.0. The van der Waals surface area contributed by atoms with Gasteiger partial charge < -0.3 is 10.6 Å². The third-order valence-corrected chi connectivity index (χ3v) is 5.78. The summed E-state index contributed by atoms with van der Waals surface area (Å²) in [6.45, 7) is 5.99. The number of primary amides is 1. The number of nitrogens with two attached hydrogens (primary N) is 1. The maximum atomic E-state index is 12.5. The van der Waals surface area contributed by atoms with Gasteiger partial charge in [-0.25, -0.2) is 4.98 Å². The van der Waals surface area contributed by atoms with Crippen LogP contribution in [0.5, 0.6) is 0 Å². The molecule has 24 heavy (non-hydrogen) atoms. The molecule has 1 aliphatic rings. The number of aryl methyl sites for hydroxylation is 2. The van der Waals surface area contributed by atoms with E-state index in [0.29, 0.717) is 16.6 Å². The van der Waals surface area contributed by atoms with Crippen molar-refractivity contribution in [1.29, 1.82) is 0 Å². The van der Waals surface area contributed by atoms with Crippen molar-refractivity contribution in [1.82, 2.24) is 9.88 Å². The number of carbonyl (C=O) groups is 2. The van der Waals surface area contributed by atoms with Crippen molar-refractivity contribution in [2.75, 3.05) is 12.8 Å². The van der Waals surface area contributed by atoms with E-state index in [4.69, 9.17) is 5.73 Å². The quantitative estimate of drug-likeness (QED) is 0.829.